The first-order valence-corrected chi connectivity index (χ1v) is 6.04. The lowest BCUT2D eigenvalue weighted by Crippen LogP contribution is -2.29. The van der Waals surface area contributed by atoms with Gasteiger partial charge in [0.05, 0.1) is 6.42 Å². The van der Waals surface area contributed by atoms with Crippen LogP contribution in [0.15, 0.2) is 24.3 Å². The monoisotopic (exact) mass is 260 g/mol. The Morgan fingerprint density at radius 3 is 2.74 bits per heavy atom. The second kappa shape index (κ2) is 5.14. The number of aromatic amines is 1. The number of benzene rings is 1. The largest absolute Gasteiger partial charge is 0.481 e. The van der Waals surface area contributed by atoms with Crippen LogP contribution in [0.1, 0.15) is 22.5 Å². The van der Waals surface area contributed by atoms with Gasteiger partial charge in [-0.05, 0) is 24.6 Å². The number of carboxylic acid groups (broad SMARTS) is 1. The van der Waals surface area contributed by atoms with Crippen molar-refractivity contribution in [3.63, 3.8) is 0 Å². The molecule has 0 saturated carbocycles. The number of aliphatic carboxylic acids is 1. The third kappa shape index (κ3) is 2.93. The number of aromatic nitrogens is 1. The summed E-state index contributed by atoms with van der Waals surface area (Å²) in [5.41, 5.74) is 2.51. The summed E-state index contributed by atoms with van der Waals surface area (Å²) < 4.78 is 0. The van der Waals surface area contributed by atoms with Gasteiger partial charge in [0, 0.05) is 24.5 Å². The number of nitrogens with zero attached hydrogens (tertiary/aromatic N) is 1. The Bertz CT molecular complexity index is 631. The van der Waals surface area contributed by atoms with Gasteiger partial charge < -0.3 is 15.0 Å². The van der Waals surface area contributed by atoms with Crippen LogP contribution < -0.4 is 0 Å². The molecular weight excluding hydrogens is 244 g/mol. The van der Waals surface area contributed by atoms with Crippen molar-refractivity contribution in [1.82, 2.24) is 9.88 Å². The summed E-state index contributed by atoms with van der Waals surface area (Å²) in [6.07, 6.45) is -0.0540. The zero-order valence-electron chi connectivity index (χ0n) is 10.9. The van der Waals surface area contributed by atoms with Crippen molar-refractivity contribution in [2.75, 3.05) is 13.6 Å². The van der Waals surface area contributed by atoms with Crippen LogP contribution in [0.4, 0.5) is 0 Å². The van der Waals surface area contributed by atoms with E-state index in [4.69, 9.17) is 5.11 Å². The third-order valence-corrected chi connectivity index (χ3v) is 3.02. The highest BCUT2D eigenvalue weighted by Gasteiger charge is 2.15. The molecule has 2 rings (SSSR count). The van der Waals surface area contributed by atoms with Crippen LogP contribution >= 0.6 is 0 Å². The van der Waals surface area contributed by atoms with Gasteiger partial charge in [-0.3, -0.25) is 9.59 Å². The quantitative estimate of drug-likeness (QED) is 0.883. The van der Waals surface area contributed by atoms with Gasteiger partial charge in [0.2, 0.25) is 0 Å². The summed E-state index contributed by atoms with van der Waals surface area (Å²) in [4.78, 5) is 27.1. The van der Waals surface area contributed by atoms with Crippen molar-refractivity contribution in [3.8, 4) is 0 Å². The van der Waals surface area contributed by atoms with Crippen molar-refractivity contribution in [2.45, 2.75) is 13.3 Å². The Kier molecular flexibility index (Phi) is 3.55. The topological polar surface area (TPSA) is 73.4 Å². The minimum atomic E-state index is -0.910. The van der Waals surface area contributed by atoms with Gasteiger partial charge in [0.15, 0.2) is 0 Å². The number of hydrogen-bond acceptors (Lipinski definition) is 2. The summed E-state index contributed by atoms with van der Waals surface area (Å²) in [7, 11) is 1.60. The van der Waals surface area contributed by atoms with Gasteiger partial charge in [-0.25, -0.2) is 0 Å². The van der Waals surface area contributed by atoms with E-state index in [1.807, 2.05) is 25.1 Å². The molecule has 0 aliphatic rings. The van der Waals surface area contributed by atoms with Gasteiger partial charge in [0.25, 0.3) is 5.91 Å². The van der Waals surface area contributed by atoms with E-state index in [0.717, 1.165) is 16.5 Å². The molecule has 100 valence electrons. The highest BCUT2D eigenvalue weighted by molar-refractivity contribution is 5.98. The fourth-order valence-corrected chi connectivity index (χ4v) is 1.93. The van der Waals surface area contributed by atoms with E-state index in [1.165, 1.54) is 4.90 Å². The maximum atomic E-state index is 12.1. The van der Waals surface area contributed by atoms with Gasteiger partial charge in [-0.15, -0.1) is 0 Å². The summed E-state index contributed by atoms with van der Waals surface area (Å²) in [6.45, 7) is 2.18. The van der Waals surface area contributed by atoms with E-state index in [9.17, 15) is 9.59 Å². The molecule has 0 aliphatic carbocycles. The van der Waals surface area contributed by atoms with Crippen LogP contribution in [0, 0.1) is 6.92 Å². The average Bonchev–Trinajstić information content (AvgIpc) is 2.77. The molecule has 0 aliphatic heterocycles. The van der Waals surface area contributed by atoms with Crippen molar-refractivity contribution < 1.29 is 14.7 Å². The maximum Gasteiger partial charge on any atom is 0.305 e. The first kappa shape index (κ1) is 13.1. The fraction of sp³-hybridized carbons (Fsp3) is 0.286. The fourth-order valence-electron chi connectivity index (χ4n) is 1.93. The molecule has 2 aromatic rings. The summed E-state index contributed by atoms with van der Waals surface area (Å²) >= 11 is 0. The van der Waals surface area contributed by atoms with Crippen molar-refractivity contribution >= 4 is 22.8 Å². The van der Waals surface area contributed by atoms with Crippen LogP contribution in [-0.4, -0.2) is 40.5 Å². The maximum absolute atomic E-state index is 12.1. The van der Waals surface area contributed by atoms with E-state index in [-0.39, 0.29) is 18.9 Å². The van der Waals surface area contributed by atoms with Gasteiger partial charge >= 0.3 is 5.97 Å². The first-order valence-electron chi connectivity index (χ1n) is 6.04. The van der Waals surface area contributed by atoms with E-state index < -0.39 is 5.97 Å². The molecule has 1 aromatic heterocycles. The number of aryl methyl sites for hydroxylation is 1. The Morgan fingerprint density at radius 2 is 2.05 bits per heavy atom. The minimum absolute atomic E-state index is 0.0540. The van der Waals surface area contributed by atoms with Gasteiger partial charge in [0.1, 0.15) is 5.69 Å². The second-order valence-corrected chi connectivity index (χ2v) is 4.64. The zero-order valence-corrected chi connectivity index (χ0v) is 10.9. The van der Waals surface area contributed by atoms with E-state index >= 15 is 0 Å². The number of H-pyrrole nitrogens is 1. The van der Waals surface area contributed by atoms with Crippen LogP contribution in [0.25, 0.3) is 10.9 Å². The molecule has 1 amide bonds. The molecular formula is C14H16N2O3. The predicted molar refractivity (Wildman–Crippen MR) is 72.2 cm³/mol. The Labute approximate surface area is 110 Å². The normalized spacial score (nSPS) is 10.6. The molecule has 0 bridgehead atoms. The Balaban J connectivity index is 2.19. The van der Waals surface area contributed by atoms with Crippen LogP contribution in [-0.2, 0) is 4.79 Å². The van der Waals surface area contributed by atoms with Crippen molar-refractivity contribution in [3.05, 3.63) is 35.5 Å². The standard InChI is InChI=1S/C14H16N2O3/c1-9-3-4-10-8-12(15-11(10)7-9)14(19)16(2)6-5-13(17)18/h3-4,7-8,15H,5-6H2,1-2H3,(H,17,18). The molecule has 0 radical (unpaired) electrons. The minimum Gasteiger partial charge on any atom is -0.481 e. The number of fused-ring (bicyclic) bond motifs is 1. The summed E-state index contributed by atoms with van der Waals surface area (Å²) in [6, 6.07) is 7.70. The summed E-state index contributed by atoms with van der Waals surface area (Å²) in [5, 5.41) is 9.59. The van der Waals surface area contributed by atoms with Gasteiger partial charge in [-0.1, -0.05) is 12.1 Å². The third-order valence-electron chi connectivity index (χ3n) is 3.02. The number of carboxylic acids is 1. The Morgan fingerprint density at radius 1 is 1.32 bits per heavy atom. The lowest BCUT2D eigenvalue weighted by molar-refractivity contribution is -0.137. The predicted octanol–water partition coefficient (Wildman–Crippen LogP) is 2.02. The lowest BCUT2D eigenvalue weighted by atomic mass is 10.2. The molecule has 5 nitrogen and oxygen atoms in total. The smallest absolute Gasteiger partial charge is 0.305 e. The molecule has 5 heteroatoms. The van der Waals surface area contributed by atoms with Crippen LogP contribution in [0.5, 0.6) is 0 Å². The number of carbonyl (C=O) groups is 2. The van der Waals surface area contributed by atoms with Crippen molar-refractivity contribution in [2.24, 2.45) is 0 Å². The molecule has 19 heavy (non-hydrogen) atoms. The van der Waals surface area contributed by atoms with E-state index in [2.05, 4.69) is 4.98 Å². The molecule has 0 unspecified atom stereocenters. The molecule has 1 aromatic carbocycles. The summed E-state index contributed by atoms with van der Waals surface area (Å²) in [5.74, 6) is -1.11. The highest BCUT2D eigenvalue weighted by Crippen LogP contribution is 2.17. The van der Waals surface area contributed by atoms with E-state index in [1.54, 1.807) is 13.1 Å². The number of hydrogen-bond donors (Lipinski definition) is 2. The van der Waals surface area contributed by atoms with Crippen molar-refractivity contribution in [1.29, 1.82) is 0 Å². The lowest BCUT2D eigenvalue weighted by Gasteiger charge is -2.14. The number of carbonyl (C=O) groups excluding carboxylic acids is 1. The first-order chi connectivity index (χ1) is 8.97. The second-order valence-electron chi connectivity index (χ2n) is 4.64. The molecule has 1 heterocycles. The SMILES string of the molecule is Cc1ccc2cc(C(=O)N(C)CCC(=O)O)[nH]c2c1. The number of nitrogens with one attached hydrogen (secondary N) is 1. The Hall–Kier alpha value is -2.30. The highest BCUT2D eigenvalue weighted by atomic mass is 16.4. The molecule has 0 saturated heterocycles. The molecule has 0 fully saturated rings. The van der Waals surface area contributed by atoms with Gasteiger partial charge in [-0.2, -0.15) is 0 Å². The van der Waals surface area contributed by atoms with Crippen LogP contribution in [0.3, 0.4) is 0 Å². The zero-order chi connectivity index (χ0) is 14.0. The van der Waals surface area contributed by atoms with E-state index in [0.29, 0.717) is 5.69 Å². The average molecular weight is 260 g/mol. The number of rotatable bonds is 4. The molecule has 2 N–H and O–H groups in total. The molecule has 0 atom stereocenters. The van der Waals surface area contributed by atoms with Crippen LogP contribution in [0.2, 0.25) is 0 Å². The number of amides is 1. The molecule has 0 spiro atoms.